The first-order valence-electron chi connectivity index (χ1n) is 39.0. The zero-order valence-electron chi connectivity index (χ0n) is 67.2. The number of anilines is 6. The van der Waals surface area contributed by atoms with E-state index in [9.17, 15) is 48.0 Å². The molecule has 6 bridgehead atoms. The van der Waals surface area contributed by atoms with Crippen LogP contribution in [0.25, 0.3) is 67.0 Å². The lowest BCUT2D eigenvalue weighted by Gasteiger charge is -2.27. The number of thiol groups is 1. The largest absolute Gasteiger partial charge is 0.472 e. The predicted octanol–water partition coefficient (Wildman–Crippen LogP) is 2.06. The van der Waals surface area contributed by atoms with Gasteiger partial charge in [0.05, 0.1) is 94.7 Å². The van der Waals surface area contributed by atoms with E-state index in [-0.39, 0.29) is 90.7 Å². The Kier molecular flexibility index (Phi) is 25.8. The van der Waals surface area contributed by atoms with Crippen LogP contribution in [0.15, 0.2) is 89.1 Å². The van der Waals surface area contributed by atoms with Gasteiger partial charge >= 0.3 is 41.5 Å². The van der Waals surface area contributed by atoms with E-state index in [1.165, 1.54) is 69.5 Å². The van der Waals surface area contributed by atoms with Gasteiger partial charge in [-0.2, -0.15) is 15.0 Å². The molecule has 12 aromatic heterocycles. The molecule has 30 atom stereocenters. The number of alkyl halides is 6. The Morgan fingerprint density at radius 2 is 0.585 bits per heavy atom. The minimum absolute atomic E-state index is 0.0852. The molecule has 9 aliphatic heterocycles. The van der Waals surface area contributed by atoms with Gasteiger partial charge in [-0.15, -0.1) is 0 Å². The first-order chi connectivity index (χ1) is 63.9. The molecule has 20 N–H and O–H groups in total. The van der Waals surface area contributed by atoms with Crippen LogP contribution >= 0.6 is 53.7 Å². The second-order valence-corrected chi connectivity index (χ2v) is 46.0. The number of hydrogen-bond acceptors (Lipinski definition) is 45. The number of fused-ring (bicyclic) bond motifs is 15. The lowest BCUT2D eigenvalue weighted by atomic mass is 10.1. The summed E-state index contributed by atoms with van der Waals surface area (Å²) in [7, 11) is -5.14. The van der Waals surface area contributed by atoms with Crippen molar-refractivity contribution in [3.63, 3.8) is 0 Å². The number of imidazole rings is 6. The van der Waals surface area contributed by atoms with Gasteiger partial charge in [-0.3, -0.25) is 92.9 Å². The van der Waals surface area contributed by atoms with E-state index in [2.05, 4.69) is 87.0 Å². The molecule has 72 heteroatoms. The number of phosphoric ester groups is 1. The summed E-state index contributed by atoms with van der Waals surface area (Å²) >= 11 is 24.6. The Balaban J connectivity index is 0.000000130. The molecule has 0 radical (unpaired) electrons. The van der Waals surface area contributed by atoms with E-state index in [1.54, 1.807) is 0 Å². The van der Waals surface area contributed by atoms with E-state index in [4.69, 9.17) is 164 Å². The van der Waals surface area contributed by atoms with E-state index in [0.717, 1.165) is 32.7 Å². The van der Waals surface area contributed by atoms with Gasteiger partial charge in [0.15, 0.2) is 125 Å². The summed E-state index contributed by atoms with van der Waals surface area (Å²) in [5.41, 5.74) is 34.2. The molecule has 21 heterocycles. The maximum atomic E-state index is 16.0. The maximum Gasteiger partial charge on any atom is 0.472 e. The predicted molar refractivity (Wildman–Crippen MR) is 464 cm³/mol. The number of ether oxygens (including phenoxy) is 6. The first kappa shape index (κ1) is 95.7. The number of hydrogen-bond donors (Lipinski definition) is 15. The lowest BCUT2D eigenvalue weighted by molar-refractivity contribution is -0.0630. The number of pyridine rings is 3. The van der Waals surface area contributed by atoms with Crippen LogP contribution in [0.2, 0.25) is 0 Å². The molecule has 6 unspecified atom stereocenters. The molecule has 9 fully saturated rings. The quantitative estimate of drug-likeness (QED) is 0.0643. The van der Waals surface area contributed by atoms with Gasteiger partial charge in [0.25, 0.3) is 16.7 Å². The summed E-state index contributed by atoms with van der Waals surface area (Å²) in [6, 6.07) is 4.53. The molecule has 0 saturated carbocycles. The molecule has 9 aliphatic rings. The summed E-state index contributed by atoms with van der Waals surface area (Å²) in [4.78, 5) is 147. The van der Waals surface area contributed by atoms with Crippen molar-refractivity contribution in [2.75, 3.05) is 74.0 Å². The minimum Gasteiger partial charge on any atom is -0.397 e. The number of nitrogens with one attached hydrogen (secondary N) is 3. The highest BCUT2D eigenvalue weighted by molar-refractivity contribution is 8.44. The number of nitrogens with two attached hydrogens (primary N) is 6. The van der Waals surface area contributed by atoms with E-state index >= 15 is 26.3 Å². The summed E-state index contributed by atoms with van der Waals surface area (Å²) < 4.78 is 229. The van der Waals surface area contributed by atoms with Gasteiger partial charge in [0.1, 0.15) is 89.8 Å². The molecule has 21 rings (SSSR count). The number of rotatable bonds is 6. The van der Waals surface area contributed by atoms with Gasteiger partial charge in [0.2, 0.25) is 17.8 Å². The van der Waals surface area contributed by atoms with E-state index in [1.807, 2.05) is 0 Å². The Morgan fingerprint density at radius 3 is 0.904 bits per heavy atom. The topological polar surface area (TPSA) is 740 Å². The van der Waals surface area contributed by atoms with Gasteiger partial charge in [-0.05, 0) is 65.4 Å². The molecule has 12 aromatic rings. The van der Waals surface area contributed by atoms with Crippen LogP contribution in [0, 0.1) is 0 Å². The maximum absolute atomic E-state index is 16.0. The number of aromatic amines is 3. The minimum atomic E-state index is -5.14. The number of H-pyrrole nitrogens is 3. The number of nitrogen functional groups attached to an aromatic ring is 6. The number of nitrogens with zero attached hydrogens (tertiary/aromatic N) is 18. The van der Waals surface area contributed by atoms with Crippen LogP contribution in [0.4, 0.5) is 61.2 Å². The third kappa shape index (κ3) is 18.6. The van der Waals surface area contributed by atoms with Crippen LogP contribution in [0.3, 0.4) is 0 Å². The smallest absolute Gasteiger partial charge is 0.397 e. The van der Waals surface area contributed by atoms with Crippen molar-refractivity contribution in [1.82, 2.24) is 102 Å². The summed E-state index contributed by atoms with van der Waals surface area (Å²) in [6.45, 7) is -26.2. The summed E-state index contributed by atoms with van der Waals surface area (Å²) in [5, 5.41) is 0. The Bertz CT molecular complexity index is 6500. The van der Waals surface area contributed by atoms with Crippen molar-refractivity contribution >= 4 is 203 Å². The van der Waals surface area contributed by atoms with Crippen LogP contribution in [0.5, 0.6) is 0 Å². The number of phosphoric acid groups is 1. The van der Waals surface area contributed by atoms with Crippen molar-refractivity contribution < 1.29 is 143 Å². The van der Waals surface area contributed by atoms with Gasteiger partial charge in [-0.25, -0.2) is 80.3 Å². The fourth-order valence-corrected chi connectivity index (χ4v) is 24.0. The van der Waals surface area contributed by atoms with E-state index in [0.29, 0.717) is 11.2 Å². The molecule has 0 aromatic carbocycles. The summed E-state index contributed by atoms with van der Waals surface area (Å²) in [5.74, 6) is -0.796. The normalized spacial score (nSPS) is 37.7. The van der Waals surface area contributed by atoms with Crippen LogP contribution < -0.4 is 51.1 Å². The zero-order chi connectivity index (χ0) is 95.5. The van der Waals surface area contributed by atoms with E-state index < -0.39 is 245 Å². The summed E-state index contributed by atoms with van der Waals surface area (Å²) in [6.07, 6.45) is -29.0. The Morgan fingerprint density at radius 1 is 0.333 bits per heavy atom. The van der Waals surface area contributed by atoms with Crippen molar-refractivity contribution in [2.24, 2.45) is 0 Å². The number of halogens is 6. The highest BCUT2D eigenvalue weighted by Gasteiger charge is 2.59. The fourth-order valence-electron chi connectivity index (χ4n) is 15.9. The molecule has 55 nitrogen and oxygen atoms in total. The monoisotopic (exact) mass is 2110 g/mol. The standard InChI is InChI=1S/C21H23F2N9O10P2S.2C21H23F2N9O9P2S2/c22-10-8-3-37-43(34,35)41-14-9(40-19(11(14)23)31-5-27-12-7(24)1-2-26-16(12)31)4-38-44(36,45)42-15(10)20(39-8)32-6-28-13-17(32)29-21(25)30-18(13)33;2*22-10-8-3-36-42(34,44)40-14-9(39-19(11(14)23)31-5-27-12-7(24)1-2-26-16(12)31)4-37-43(35,45)41-15(10)20(38-8)32-6-28-13-17(32)29-21(25)30-18(13)33/h1-2,5-6,8-11,14-15,19-20H,3-4H2,(H2,24,26)(H,34,35)(H,36,45)(H3,25,29,30,33);2*1-2,5-6,8-11,14-15,19-20H,3-4H2,(H2,24,26)(H,34,44)(H,35,45)(H3,25,29,30,33)/t8-,9-,10-,11+,14-,15-,19-,20-,44?;2*8-,9-,10-,11+,14-,15-,19-,20-,42?,43?/m111/s1. The SMILES string of the molecule is Nc1nc2c(ncn2[C@@H]2O[C@@H]3COP(=O)(O)O[C@H]4[C@H](F)[C@H](n5cnc6c(N)ccnc65)O[C@@H]4COP(O)(=S)O[C@@H]2[C@@H]3F)c(=O)[nH]1.Nc1nc2c(ncn2[C@@H]2O[C@@H]3COP(O)(=S)O[C@H]4[C@H](F)[C@H](n5cnc6c(N)ccnc65)O[C@@H]4COP(=O)(S)O[C@@H]2[C@@H]3F)c(=O)[nH]1.Nc1nc2c(ncn2[C@@H]2O[C@@H]3COP(O)(=S)O[C@H]4[C@H](F)[C@H](n5cnc6c(N)ccnc65)O[C@@H]4COP(O)(=S)O[C@@H]2[C@@H]3F)c(=O)[nH]1. The van der Waals surface area contributed by atoms with Crippen molar-refractivity contribution in [3.8, 4) is 0 Å². The average Bonchev–Trinajstić information content (AvgIpc) is 1.63. The molecule has 0 aliphatic carbocycles. The van der Waals surface area contributed by atoms with Crippen LogP contribution in [-0.2, 0) is 139 Å². The second kappa shape index (κ2) is 36.5. The molecule has 726 valence electrons. The third-order valence-corrected chi connectivity index (χ3v) is 30.8. The fraction of sp³-hybridized carbons (Fsp3) is 0.476. The highest BCUT2D eigenvalue weighted by Crippen LogP contribution is 2.62. The van der Waals surface area contributed by atoms with Gasteiger partial charge < -0.3 is 105 Å². The Hall–Kier alpha value is -8.22. The van der Waals surface area contributed by atoms with Crippen LogP contribution in [0.1, 0.15) is 37.4 Å². The molecule has 0 amide bonds. The van der Waals surface area contributed by atoms with Gasteiger partial charge in [-0.1, -0.05) is 12.2 Å². The molecular formula is C63H69F6N27O28P6S5. The van der Waals surface area contributed by atoms with Crippen LogP contribution in [-0.4, -0.2) is 277 Å². The highest BCUT2D eigenvalue weighted by atomic mass is 32.7. The third-order valence-electron chi connectivity index (χ3n) is 22.0. The molecule has 9 saturated heterocycles. The second-order valence-electron chi connectivity index (χ2n) is 30.6. The zero-order valence-corrected chi connectivity index (χ0v) is 76.7. The number of aromatic nitrogens is 21. The molecular weight excluding hydrogens is 2040 g/mol. The Labute approximate surface area is 770 Å². The van der Waals surface area contributed by atoms with Gasteiger partial charge in [0, 0.05) is 18.6 Å². The molecule has 0 spiro atoms. The van der Waals surface area contributed by atoms with Crippen molar-refractivity contribution in [1.29, 1.82) is 0 Å². The molecule has 135 heavy (non-hydrogen) atoms. The average molecular weight is 2110 g/mol. The van der Waals surface area contributed by atoms with Crippen molar-refractivity contribution in [3.05, 3.63) is 106 Å². The first-order valence-corrected chi connectivity index (χ1v) is 53.6. The van der Waals surface area contributed by atoms with Crippen molar-refractivity contribution in [2.45, 2.75) is 148 Å². The lowest BCUT2D eigenvalue weighted by Crippen LogP contribution is -2.34.